The number of rotatable bonds is 4. The molecule has 0 radical (unpaired) electrons. The van der Waals surface area contributed by atoms with Gasteiger partial charge in [0.05, 0.1) is 18.1 Å². The van der Waals surface area contributed by atoms with E-state index >= 15 is 0 Å². The SMILES string of the molecule is CN(C)c1ccc(C(=O)Nc2cnc(N3CCCCC3)nc2)cc1. The Morgan fingerprint density at radius 3 is 2.25 bits per heavy atom. The van der Waals surface area contributed by atoms with Gasteiger partial charge in [-0.25, -0.2) is 9.97 Å². The van der Waals surface area contributed by atoms with E-state index < -0.39 is 0 Å². The number of benzene rings is 1. The van der Waals surface area contributed by atoms with Crippen molar-refractivity contribution < 1.29 is 4.79 Å². The maximum absolute atomic E-state index is 12.3. The first-order valence-electron chi connectivity index (χ1n) is 8.29. The first-order valence-corrected chi connectivity index (χ1v) is 8.29. The van der Waals surface area contributed by atoms with E-state index in [0.29, 0.717) is 11.3 Å². The third-order valence-electron chi connectivity index (χ3n) is 4.18. The monoisotopic (exact) mass is 325 g/mol. The zero-order valence-corrected chi connectivity index (χ0v) is 14.2. The van der Waals surface area contributed by atoms with Crippen molar-refractivity contribution in [3.63, 3.8) is 0 Å². The van der Waals surface area contributed by atoms with Gasteiger partial charge in [0.1, 0.15) is 0 Å². The Morgan fingerprint density at radius 2 is 1.67 bits per heavy atom. The van der Waals surface area contributed by atoms with Gasteiger partial charge in [-0.1, -0.05) is 0 Å². The quantitative estimate of drug-likeness (QED) is 0.936. The molecule has 1 aliphatic heterocycles. The van der Waals surface area contributed by atoms with Crippen LogP contribution in [0, 0.1) is 0 Å². The average Bonchev–Trinajstić information content (AvgIpc) is 2.63. The number of aromatic nitrogens is 2. The Bertz CT molecular complexity index is 676. The molecule has 6 nitrogen and oxygen atoms in total. The topological polar surface area (TPSA) is 61.4 Å². The molecule has 0 bridgehead atoms. The third kappa shape index (κ3) is 3.82. The Kier molecular flexibility index (Phi) is 4.93. The molecule has 0 aliphatic carbocycles. The molecule has 126 valence electrons. The lowest BCUT2D eigenvalue weighted by Crippen LogP contribution is -2.30. The standard InChI is InChI=1S/C18H23N5O/c1-22(2)16-8-6-14(7-9-16)17(24)21-15-12-19-18(20-13-15)23-10-4-3-5-11-23/h6-9,12-13H,3-5,10-11H2,1-2H3,(H,21,24). The molecule has 0 saturated carbocycles. The van der Waals surface area contributed by atoms with E-state index in [9.17, 15) is 4.79 Å². The van der Waals surface area contributed by atoms with Gasteiger partial charge >= 0.3 is 0 Å². The van der Waals surface area contributed by atoms with Crippen LogP contribution in [0.5, 0.6) is 0 Å². The molecule has 0 spiro atoms. The van der Waals surface area contributed by atoms with Crippen LogP contribution in [0.2, 0.25) is 0 Å². The molecule has 24 heavy (non-hydrogen) atoms. The summed E-state index contributed by atoms with van der Waals surface area (Å²) in [6.07, 6.45) is 6.99. The fraction of sp³-hybridized carbons (Fsp3) is 0.389. The van der Waals surface area contributed by atoms with E-state index in [1.54, 1.807) is 12.4 Å². The van der Waals surface area contributed by atoms with Gasteiger partial charge in [-0.05, 0) is 43.5 Å². The molecule has 1 N–H and O–H groups in total. The van der Waals surface area contributed by atoms with E-state index in [-0.39, 0.29) is 5.91 Å². The molecule has 1 aromatic carbocycles. The van der Waals surface area contributed by atoms with Gasteiger partial charge in [0.2, 0.25) is 5.95 Å². The smallest absolute Gasteiger partial charge is 0.255 e. The number of nitrogens with one attached hydrogen (secondary N) is 1. The maximum Gasteiger partial charge on any atom is 0.255 e. The molecule has 1 fully saturated rings. The van der Waals surface area contributed by atoms with E-state index in [0.717, 1.165) is 24.7 Å². The predicted molar refractivity (Wildman–Crippen MR) is 96.8 cm³/mol. The number of amides is 1. The minimum absolute atomic E-state index is 0.158. The minimum atomic E-state index is -0.158. The summed E-state index contributed by atoms with van der Waals surface area (Å²) in [5.41, 5.74) is 2.28. The summed E-state index contributed by atoms with van der Waals surface area (Å²) in [7, 11) is 3.94. The second kappa shape index (κ2) is 7.29. The van der Waals surface area contributed by atoms with Gasteiger partial charge in [0.25, 0.3) is 5.91 Å². The number of carbonyl (C=O) groups is 1. The summed E-state index contributed by atoms with van der Waals surface area (Å²) >= 11 is 0. The number of hydrogen-bond acceptors (Lipinski definition) is 5. The lowest BCUT2D eigenvalue weighted by Gasteiger charge is -2.26. The molecule has 1 aromatic heterocycles. The van der Waals surface area contributed by atoms with Crippen LogP contribution in [0.3, 0.4) is 0 Å². The molecule has 2 heterocycles. The summed E-state index contributed by atoms with van der Waals surface area (Å²) in [6.45, 7) is 2.01. The molecule has 2 aromatic rings. The largest absolute Gasteiger partial charge is 0.378 e. The molecule has 1 aliphatic rings. The van der Waals surface area contributed by atoms with Crippen LogP contribution in [-0.4, -0.2) is 43.1 Å². The van der Waals surface area contributed by atoms with E-state index in [4.69, 9.17) is 0 Å². The zero-order valence-electron chi connectivity index (χ0n) is 14.2. The van der Waals surface area contributed by atoms with Crippen molar-refractivity contribution in [2.75, 3.05) is 42.3 Å². The van der Waals surface area contributed by atoms with Crippen molar-refractivity contribution in [2.24, 2.45) is 0 Å². The van der Waals surface area contributed by atoms with Crippen molar-refractivity contribution in [1.82, 2.24) is 9.97 Å². The molecule has 0 atom stereocenters. The number of nitrogens with zero attached hydrogens (tertiary/aromatic N) is 4. The van der Waals surface area contributed by atoms with Crippen LogP contribution < -0.4 is 15.1 Å². The average molecular weight is 325 g/mol. The van der Waals surface area contributed by atoms with Crippen LogP contribution in [0.1, 0.15) is 29.6 Å². The van der Waals surface area contributed by atoms with E-state index in [1.807, 2.05) is 43.3 Å². The summed E-state index contributed by atoms with van der Waals surface area (Å²) < 4.78 is 0. The number of piperidine rings is 1. The van der Waals surface area contributed by atoms with Gasteiger partial charge in [-0.3, -0.25) is 4.79 Å². The fourth-order valence-electron chi connectivity index (χ4n) is 2.76. The highest BCUT2D eigenvalue weighted by atomic mass is 16.1. The molecular formula is C18H23N5O. The van der Waals surface area contributed by atoms with Crippen LogP contribution >= 0.6 is 0 Å². The Hall–Kier alpha value is -2.63. The summed E-state index contributed by atoms with van der Waals surface area (Å²) in [6, 6.07) is 7.47. The Morgan fingerprint density at radius 1 is 1.04 bits per heavy atom. The van der Waals surface area contributed by atoms with Crippen LogP contribution in [-0.2, 0) is 0 Å². The highest BCUT2D eigenvalue weighted by molar-refractivity contribution is 6.04. The lowest BCUT2D eigenvalue weighted by atomic mass is 10.1. The van der Waals surface area contributed by atoms with Crippen molar-refractivity contribution in [3.8, 4) is 0 Å². The van der Waals surface area contributed by atoms with Gasteiger partial charge in [-0.2, -0.15) is 0 Å². The van der Waals surface area contributed by atoms with E-state index in [2.05, 4.69) is 20.2 Å². The summed E-state index contributed by atoms with van der Waals surface area (Å²) in [5, 5.41) is 2.84. The Labute approximate surface area is 142 Å². The molecular weight excluding hydrogens is 302 g/mol. The van der Waals surface area contributed by atoms with Gasteiger partial charge < -0.3 is 15.1 Å². The van der Waals surface area contributed by atoms with Gasteiger partial charge in [0, 0.05) is 38.4 Å². The number of carbonyl (C=O) groups excluding carboxylic acids is 1. The Balaban J connectivity index is 1.63. The third-order valence-corrected chi connectivity index (χ3v) is 4.18. The van der Waals surface area contributed by atoms with Crippen molar-refractivity contribution in [3.05, 3.63) is 42.2 Å². The lowest BCUT2D eigenvalue weighted by molar-refractivity contribution is 0.102. The van der Waals surface area contributed by atoms with Crippen LogP contribution in [0.25, 0.3) is 0 Å². The normalized spacial score (nSPS) is 14.3. The molecule has 3 rings (SSSR count). The summed E-state index contributed by atoms with van der Waals surface area (Å²) in [5.74, 6) is 0.581. The minimum Gasteiger partial charge on any atom is -0.378 e. The fourth-order valence-corrected chi connectivity index (χ4v) is 2.76. The van der Waals surface area contributed by atoms with Crippen LogP contribution in [0.15, 0.2) is 36.7 Å². The molecule has 0 unspecified atom stereocenters. The first kappa shape index (κ1) is 16.2. The first-order chi connectivity index (χ1) is 11.6. The zero-order chi connectivity index (χ0) is 16.9. The summed E-state index contributed by atoms with van der Waals surface area (Å²) in [4.78, 5) is 25.2. The molecule has 1 amide bonds. The van der Waals surface area contributed by atoms with Crippen molar-refractivity contribution >= 4 is 23.2 Å². The molecule has 6 heteroatoms. The molecule has 1 saturated heterocycles. The van der Waals surface area contributed by atoms with E-state index in [1.165, 1.54) is 19.3 Å². The van der Waals surface area contributed by atoms with Crippen LogP contribution in [0.4, 0.5) is 17.3 Å². The second-order valence-electron chi connectivity index (χ2n) is 6.21. The highest BCUT2D eigenvalue weighted by Crippen LogP contribution is 2.17. The van der Waals surface area contributed by atoms with Crippen molar-refractivity contribution in [1.29, 1.82) is 0 Å². The van der Waals surface area contributed by atoms with Gasteiger partial charge in [-0.15, -0.1) is 0 Å². The number of hydrogen-bond donors (Lipinski definition) is 1. The highest BCUT2D eigenvalue weighted by Gasteiger charge is 2.13. The predicted octanol–water partition coefficient (Wildman–Crippen LogP) is 2.79. The second-order valence-corrected chi connectivity index (χ2v) is 6.21. The number of anilines is 3. The maximum atomic E-state index is 12.3. The van der Waals surface area contributed by atoms with Gasteiger partial charge in [0.15, 0.2) is 0 Å². The van der Waals surface area contributed by atoms with Crippen molar-refractivity contribution in [2.45, 2.75) is 19.3 Å².